The first-order chi connectivity index (χ1) is 11.3. The number of hydrogen-bond donors (Lipinski definition) is 1. The molecule has 0 saturated heterocycles. The van der Waals surface area contributed by atoms with E-state index >= 15 is 0 Å². The van der Waals surface area contributed by atoms with Crippen molar-refractivity contribution in [1.82, 2.24) is 0 Å². The molecule has 118 valence electrons. The smallest absolute Gasteiger partial charge is 0.189 e. The number of rotatable bonds is 3. The molecule has 2 nitrogen and oxygen atoms in total. The average molecular weight is 306 g/mol. The van der Waals surface area contributed by atoms with Gasteiger partial charge in [0.15, 0.2) is 5.78 Å². The maximum atomic E-state index is 11.8. The normalized spacial score (nSPS) is 13.4. The third-order valence-corrected chi connectivity index (χ3v) is 3.55. The van der Waals surface area contributed by atoms with E-state index in [1.54, 1.807) is 24.3 Å². The number of ketones is 1. The zero-order valence-electron chi connectivity index (χ0n) is 13.2. The summed E-state index contributed by atoms with van der Waals surface area (Å²) >= 11 is 0. The Hall–Kier alpha value is -2.61. The first kappa shape index (κ1) is 16.8. The van der Waals surface area contributed by atoms with E-state index < -0.39 is 0 Å². The summed E-state index contributed by atoms with van der Waals surface area (Å²) in [5, 5.41) is 9.52. The van der Waals surface area contributed by atoms with Crippen LogP contribution in [-0.2, 0) is 0 Å². The number of benzene rings is 2. The second-order valence-electron chi connectivity index (χ2n) is 5.38. The van der Waals surface area contributed by atoms with E-state index in [2.05, 4.69) is 12.2 Å². The van der Waals surface area contributed by atoms with Crippen molar-refractivity contribution in [2.45, 2.75) is 25.7 Å². The van der Waals surface area contributed by atoms with E-state index in [0.717, 1.165) is 5.56 Å². The highest BCUT2D eigenvalue weighted by molar-refractivity contribution is 6.08. The van der Waals surface area contributed by atoms with Gasteiger partial charge in [-0.25, -0.2) is 0 Å². The predicted octanol–water partition coefficient (Wildman–Crippen LogP) is 5.40. The molecule has 0 saturated carbocycles. The van der Waals surface area contributed by atoms with Gasteiger partial charge in [0.25, 0.3) is 0 Å². The summed E-state index contributed by atoms with van der Waals surface area (Å²) < 4.78 is 0. The van der Waals surface area contributed by atoms with E-state index in [-0.39, 0.29) is 11.5 Å². The minimum Gasteiger partial charge on any atom is -0.507 e. The fourth-order valence-corrected chi connectivity index (χ4v) is 2.27. The Balaban J connectivity index is 0.000000268. The molecule has 1 aliphatic carbocycles. The third kappa shape index (κ3) is 5.95. The van der Waals surface area contributed by atoms with Gasteiger partial charge >= 0.3 is 0 Å². The number of phenolic OH excluding ortho intramolecular Hbond substituents is 1. The highest BCUT2D eigenvalue weighted by Gasteiger charge is 2.05. The number of allylic oxidation sites excluding steroid dienone is 3. The van der Waals surface area contributed by atoms with Crippen LogP contribution in [-0.4, -0.2) is 10.9 Å². The number of hydrogen-bond acceptors (Lipinski definition) is 2. The van der Waals surface area contributed by atoms with Crippen molar-refractivity contribution in [2.75, 3.05) is 0 Å². The number of aromatic hydroxyl groups is 1. The molecular weight excluding hydrogens is 284 g/mol. The number of carbonyl (C=O) groups excluding carboxylic acids is 1. The van der Waals surface area contributed by atoms with Crippen molar-refractivity contribution < 1.29 is 9.90 Å². The van der Waals surface area contributed by atoms with Gasteiger partial charge in [0.2, 0.25) is 0 Å². The Morgan fingerprint density at radius 3 is 2.04 bits per heavy atom. The molecule has 1 aliphatic rings. The van der Waals surface area contributed by atoms with Crippen LogP contribution in [0.3, 0.4) is 0 Å². The SMILES string of the molecule is C1=CCCCC1.O=C(/C=C/c1ccccc1)c1ccccc1O. The third-order valence-electron chi connectivity index (χ3n) is 3.55. The molecule has 0 heterocycles. The summed E-state index contributed by atoms with van der Waals surface area (Å²) in [7, 11) is 0. The van der Waals surface area contributed by atoms with Crippen molar-refractivity contribution in [1.29, 1.82) is 0 Å². The van der Waals surface area contributed by atoms with Crippen LogP contribution in [0, 0.1) is 0 Å². The summed E-state index contributed by atoms with van der Waals surface area (Å²) in [4.78, 5) is 11.8. The van der Waals surface area contributed by atoms with E-state index in [1.165, 1.54) is 37.8 Å². The molecule has 2 aromatic rings. The molecule has 0 bridgehead atoms. The van der Waals surface area contributed by atoms with Crippen molar-refractivity contribution >= 4 is 11.9 Å². The highest BCUT2D eigenvalue weighted by Crippen LogP contribution is 2.17. The predicted molar refractivity (Wildman–Crippen MR) is 95.5 cm³/mol. The van der Waals surface area contributed by atoms with Crippen LogP contribution in [0.2, 0.25) is 0 Å². The molecule has 2 heteroatoms. The maximum absolute atomic E-state index is 11.8. The van der Waals surface area contributed by atoms with Gasteiger partial charge in [-0.1, -0.05) is 60.7 Å². The number of carbonyl (C=O) groups is 1. The van der Waals surface area contributed by atoms with E-state index in [1.807, 2.05) is 30.3 Å². The standard InChI is InChI=1S/C15H12O2.C6H10/c16-14-9-5-4-8-13(14)15(17)11-10-12-6-2-1-3-7-12;1-2-4-6-5-3-1/h1-11,16H;1-2H,3-6H2/b11-10+;. The molecule has 0 aromatic heterocycles. The minimum atomic E-state index is -0.202. The molecule has 23 heavy (non-hydrogen) atoms. The van der Waals surface area contributed by atoms with Gasteiger partial charge in [0.05, 0.1) is 5.56 Å². The quantitative estimate of drug-likeness (QED) is 0.468. The topological polar surface area (TPSA) is 37.3 Å². The second-order valence-corrected chi connectivity index (χ2v) is 5.38. The van der Waals surface area contributed by atoms with Crippen LogP contribution in [0.15, 0.2) is 72.8 Å². The molecule has 3 rings (SSSR count). The minimum absolute atomic E-state index is 0.00946. The molecular formula is C21H22O2. The summed E-state index contributed by atoms with van der Waals surface area (Å²) in [6.45, 7) is 0. The molecule has 0 amide bonds. The van der Waals surface area contributed by atoms with Gasteiger partial charge < -0.3 is 5.11 Å². The molecule has 0 atom stereocenters. The molecule has 0 spiro atoms. The van der Waals surface area contributed by atoms with Crippen molar-refractivity contribution in [2.24, 2.45) is 0 Å². The monoisotopic (exact) mass is 306 g/mol. The van der Waals surface area contributed by atoms with Crippen molar-refractivity contribution in [3.63, 3.8) is 0 Å². The Bertz CT molecular complexity index is 661. The molecule has 0 fully saturated rings. The lowest BCUT2D eigenvalue weighted by Crippen LogP contribution is -1.93. The molecule has 1 N–H and O–H groups in total. The summed E-state index contributed by atoms with van der Waals surface area (Å²) in [5.41, 5.74) is 1.27. The fourth-order valence-electron chi connectivity index (χ4n) is 2.27. The van der Waals surface area contributed by atoms with Crippen molar-refractivity contribution in [3.8, 4) is 5.75 Å². The number of phenols is 1. The first-order valence-electron chi connectivity index (χ1n) is 7.98. The molecule has 0 radical (unpaired) electrons. The fraction of sp³-hybridized carbons (Fsp3) is 0.190. The Kier molecular flexibility index (Phi) is 6.86. The van der Waals surface area contributed by atoms with Gasteiger partial charge in [0.1, 0.15) is 5.75 Å². The maximum Gasteiger partial charge on any atom is 0.189 e. The summed E-state index contributed by atoms with van der Waals surface area (Å²) in [6.07, 6.45) is 13.2. The van der Waals surface area contributed by atoms with Gasteiger partial charge in [-0.05, 0) is 49.5 Å². The Morgan fingerprint density at radius 2 is 1.48 bits per heavy atom. The second kappa shape index (κ2) is 9.42. The molecule has 0 unspecified atom stereocenters. The lowest BCUT2D eigenvalue weighted by atomic mass is 10.1. The molecule has 0 aliphatic heterocycles. The van der Waals surface area contributed by atoms with Gasteiger partial charge in [-0.3, -0.25) is 4.79 Å². The van der Waals surface area contributed by atoms with E-state index in [9.17, 15) is 9.90 Å². The van der Waals surface area contributed by atoms with Gasteiger partial charge in [0, 0.05) is 0 Å². The first-order valence-corrected chi connectivity index (χ1v) is 7.98. The summed E-state index contributed by atoms with van der Waals surface area (Å²) in [5.74, 6) is -0.192. The highest BCUT2D eigenvalue weighted by atomic mass is 16.3. The van der Waals surface area contributed by atoms with Gasteiger partial charge in [-0.2, -0.15) is 0 Å². The Morgan fingerprint density at radius 1 is 0.870 bits per heavy atom. The molecule has 2 aromatic carbocycles. The largest absolute Gasteiger partial charge is 0.507 e. The average Bonchev–Trinajstić information content (AvgIpc) is 2.63. The number of para-hydroxylation sites is 1. The van der Waals surface area contributed by atoms with Crippen LogP contribution in [0.1, 0.15) is 41.6 Å². The Labute approximate surface area is 137 Å². The van der Waals surface area contributed by atoms with Crippen LogP contribution >= 0.6 is 0 Å². The van der Waals surface area contributed by atoms with Crippen LogP contribution in [0.5, 0.6) is 5.75 Å². The zero-order chi connectivity index (χ0) is 16.3. The van der Waals surface area contributed by atoms with E-state index in [4.69, 9.17) is 0 Å². The zero-order valence-corrected chi connectivity index (χ0v) is 13.2. The summed E-state index contributed by atoms with van der Waals surface area (Å²) in [6, 6.07) is 16.1. The lowest BCUT2D eigenvalue weighted by Gasteiger charge is -1.98. The lowest BCUT2D eigenvalue weighted by molar-refractivity contribution is 0.104. The van der Waals surface area contributed by atoms with E-state index in [0.29, 0.717) is 5.56 Å². The van der Waals surface area contributed by atoms with Crippen LogP contribution in [0.4, 0.5) is 0 Å². The van der Waals surface area contributed by atoms with Crippen LogP contribution in [0.25, 0.3) is 6.08 Å². The van der Waals surface area contributed by atoms with Crippen molar-refractivity contribution in [3.05, 3.63) is 84.0 Å². The van der Waals surface area contributed by atoms with Crippen LogP contribution < -0.4 is 0 Å². The van der Waals surface area contributed by atoms with Gasteiger partial charge in [-0.15, -0.1) is 0 Å².